The van der Waals surface area contributed by atoms with Gasteiger partial charge in [0, 0.05) is 18.1 Å². The van der Waals surface area contributed by atoms with E-state index in [4.69, 9.17) is 5.73 Å². The van der Waals surface area contributed by atoms with Crippen LogP contribution in [0.4, 0.5) is 26.3 Å². The fraction of sp³-hybridized carbons (Fsp3) is 0.312. The maximum atomic E-state index is 13.3. The summed E-state index contributed by atoms with van der Waals surface area (Å²) in [6.45, 7) is 0.582. The van der Waals surface area contributed by atoms with Crippen molar-refractivity contribution in [3.8, 4) is 0 Å². The third-order valence-electron chi connectivity index (χ3n) is 3.89. The SMILES string of the molecule is NCCCNC(=O)c1cn2c(ccc3c(C(F)(F)F)cc(C(F)(F)F)nc32)n1. The normalized spacial score (nSPS) is 12.7. The molecule has 0 aliphatic rings. The van der Waals surface area contributed by atoms with E-state index in [1.165, 1.54) is 6.07 Å². The summed E-state index contributed by atoms with van der Waals surface area (Å²) in [7, 11) is 0. The first-order valence-electron chi connectivity index (χ1n) is 7.98. The Morgan fingerprint density at radius 1 is 1.11 bits per heavy atom. The number of fused-ring (bicyclic) bond motifs is 3. The molecule has 3 aromatic heterocycles. The number of carbonyl (C=O) groups excluding carboxylic acids is 1. The van der Waals surface area contributed by atoms with E-state index in [0.717, 1.165) is 16.7 Å². The number of amides is 1. The van der Waals surface area contributed by atoms with Gasteiger partial charge < -0.3 is 11.1 Å². The van der Waals surface area contributed by atoms with Gasteiger partial charge in [-0.05, 0) is 31.2 Å². The van der Waals surface area contributed by atoms with Gasteiger partial charge in [0.2, 0.25) is 0 Å². The largest absolute Gasteiger partial charge is 0.433 e. The van der Waals surface area contributed by atoms with Gasteiger partial charge in [-0.1, -0.05) is 0 Å². The Morgan fingerprint density at radius 3 is 2.43 bits per heavy atom. The number of nitrogens with zero attached hydrogens (tertiary/aromatic N) is 3. The Hall–Kier alpha value is -2.89. The summed E-state index contributed by atoms with van der Waals surface area (Å²) in [5, 5.41) is 1.96. The first kappa shape index (κ1) is 19.9. The molecule has 1 amide bonds. The topological polar surface area (TPSA) is 85.3 Å². The second-order valence-electron chi connectivity index (χ2n) is 5.87. The third kappa shape index (κ3) is 3.72. The summed E-state index contributed by atoms with van der Waals surface area (Å²) in [5.41, 5.74) is 1.35. The van der Waals surface area contributed by atoms with Crippen molar-refractivity contribution in [3.05, 3.63) is 41.3 Å². The predicted octanol–water partition coefficient (Wildman–Crippen LogP) is 3.00. The number of imidazole rings is 1. The lowest BCUT2D eigenvalue weighted by atomic mass is 10.1. The van der Waals surface area contributed by atoms with Crippen molar-refractivity contribution in [2.75, 3.05) is 13.1 Å². The Labute approximate surface area is 153 Å². The van der Waals surface area contributed by atoms with Crippen molar-refractivity contribution < 1.29 is 31.1 Å². The molecule has 3 rings (SSSR count). The van der Waals surface area contributed by atoms with Crippen molar-refractivity contribution in [2.45, 2.75) is 18.8 Å². The number of nitrogens with two attached hydrogens (primary N) is 1. The molecule has 0 aliphatic carbocycles. The van der Waals surface area contributed by atoms with E-state index in [9.17, 15) is 31.1 Å². The highest BCUT2D eigenvalue weighted by molar-refractivity contribution is 5.93. The lowest BCUT2D eigenvalue weighted by molar-refractivity contribution is -0.144. The van der Waals surface area contributed by atoms with Gasteiger partial charge >= 0.3 is 12.4 Å². The number of carbonyl (C=O) groups is 1. The number of pyridine rings is 2. The molecule has 12 heteroatoms. The average molecular weight is 405 g/mol. The van der Waals surface area contributed by atoms with E-state index in [1.807, 2.05) is 0 Å². The summed E-state index contributed by atoms with van der Waals surface area (Å²) in [4.78, 5) is 19.4. The molecule has 0 fully saturated rings. The highest BCUT2D eigenvalue weighted by atomic mass is 19.4. The molecule has 0 atom stereocenters. The first-order valence-corrected chi connectivity index (χ1v) is 7.98. The minimum atomic E-state index is -5.08. The Balaban J connectivity index is 2.21. The molecule has 0 bridgehead atoms. The molecule has 0 unspecified atom stereocenters. The van der Waals surface area contributed by atoms with E-state index in [1.54, 1.807) is 0 Å². The van der Waals surface area contributed by atoms with Crippen LogP contribution in [-0.2, 0) is 12.4 Å². The summed E-state index contributed by atoms with van der Waals surface area (Å²) in [6.07, 6.45) is -8.58. The maximum Gasteiger partial charge on any atom is 0.433 e. The smallest absolute Gasteiger partial charge is 0.351 e. The molecular formula is C16H13F6N5O. The fourth-order valence-electron chi connectivity index (χ4n) is 2.61. The van der Waals surface area contributed by atoms with Crippen molar-refractivity contribution in [1.82, 2.24) is 19.7 Å². The van der Waals surface area contributed by atoms with E-state index >= 15 is 0 Å². The standard InChI is InChI=1S/C16H13F6N5O/c17-15(18,19)9-6-11(16(20,21)22)26-13-8(9)2-3-12-25-10(7-27(12)13)14(28)24-5-1-4-23/h2-3,6-7H,1,4-5,23H2,(H,24,28). The average Bonchev–Trinajstić information content (AvgIpc) is 3.04. The van der Waals surface area contributed by atoms with Crippen molar-refractivity contribution >= 4 is 22.6 Å². The van der Waals surface area contributed by atoms with E-state index in [0.29, 0.717) is 13.0 Å². The molecule has 0 aromatic carbocycles. The van der Waals surface area contributed by atoms with Crippen LogP contribution < -0.4 is 11.1 Å². The van der Waals surface area contributed by atoms with Crippen LogP contribution in [-0.4, -0.2) is 33.4 Å². The zero-order valence-electron chi connectivity index (χ0n) is 14.0. The molecule has 0 spiro atoms. The Morgan fingerprint density at radius 2 is 1.82 bits per heavy atom. The lowest BCUT2D eigenvalue weighted by Gasteiger charge is -2.14. The molecule has 150 valence electrons. The number of hydrogen-bond donors (Lipinski definition) is 2. The molecule has 0 aliphatic heterocycles. The van der Waals surface area contributed by atoms with Crippen molar-refractivity contribution in [1.29, 1.82) is 0 Å². The van der Waals surface area contributed by atoms with Gasteiger partial charge in [0.05, 0.1) is 5.56 Å². The molecule has 3 aromatic rings. The minimum absolute atomic E-state index is 0.0172. The number of nitrogens with one attached hydrogen (secondary N) is 1. The van der Waals surface area contributed by atoms with E-state index < -0.39 is 40.6 Å². The lowest BCUT2D eigenvalue weighted by Crippen LogP contribution is -2.26. The van der Waals surface area contributed by atoms with Gasteiger partial charge in [0.25, 0.3) is 5.91 Å². The number of aromatic nitrogens is 3. The summed E-state index contributed by atoms with van der Waals surface area (Å²) in [6, 6.07) is 2.11. The molecule has 0 radical (unpaired) electrons. The summed E-state index contributed by atoms with van der Waals surface area (Å²) < 4.78 is 80.0. The number of hydrogen-bond acceptors (Lipinski definition) is 4. The third-order valence-corrected chi connectivity index (χ3v) is 3.89. The van der Waals surface area contributed by atoms with Crippen LogP contribution in [0.3, 0.4) is 0 Å². The van der Waals surface area contributed by atoms with Crippen LogP contribution in [0, 0.1) is 0 Å². The molecule has 3 heterocycles. The van der Waals surface area contributed by atoms with Crippen molar-refractivity contribution in [3.63, 3.8) is 0 Å². The second kappa shape index (κ2) is 6.93. The molecular weight excluding hydrogens is 392 g/mol. The highest BCUT2D eigenvalue weighted by Gasteiger charge is 2.39. The van der Waals surface area contributed by atoms with Crippen LogP contribution in [0.1, 0.15) is 28.2 Å². The number of rotatable bonds is 4. The van der Waals surface area contributed by atoms with Gasteiger partial charge in [0.1, 0.15) is 22.7 Å². The van der Waals surface area contributed by atoms with Gasteiger partial charge in [-0.25, -0.2) is 9.97 Å². The highest BCUT2D eigenvalue weighted by Crippen LogP contribution is 2.38. The van der Waals surface area contributed by atoms with E-state index in [2.05, 4.69) is 15.3 Å². The van der Waals surface area contributed by atoms with Gasteiger partial charge in [-0.15, -0.1) is 0 Å². The Kier molecular flexibility index (Phi) is 4.91. The molecule has 3 N–H and O–H groups in total. The zero-order chi connectivity index (χ0) is 20.7. The molecule has 0 saturated heterocycles. The molecule has 6 nitrogen and oxygen atoms in total. The van der Waals surface area contributed by atoms with Gasteiger partial charge in [-0.3, -0.25) is 9.20 Å². The van der Waals surface area contributed by atoms with Crippen LogP contribution in [0.25, 0.3) is 16.7 Å². The first-order chi connectivity index (χ1) is 13.0. The molecule has 0 saturated carbocycles. The second-order valence-corrected chi connectivity index (χ2v) is 5.87. The predicted molar refractivity (Wildman–Crippen MR) is 86.5 cm³/mol. The van der Waals surface area contributed by atoms with Crippen LogP contribution in [0.2, 0.25) is 0 Å². The molecule has 28 heavy (non-hydrogen) atoms. The van der Waals surface area contributed by atoms with Gasteiger partial charge in [-0.2, -0.15) is 26.3 Å². The summed E-state index contributed by atoms with van der Waals surface area (Å²) >= 11 is 0. The van der Waals surface area contributed by atoms with Crippen molar-refractivity contribution in [2.24, 2.45) is 5.73 Å². The van der Waals surface area contributed by atoms with Crippen LogP contribution in [0.15, 0.2) is 24.4 Å². The number of halogens is 6. The summed E-state index contributed by atoms with van der Waals surface area (Å²) in [5.74, 6) is -0.631. The van der Waals surface area contributed by atoms with Gasteiger partial charge in [0.15, 0.2) is 0 Å². The quantitative estimate of drug-likeness (QED) is 0.516. The minimum Gasteiger partial charge on any atom is -0.351 e. The monoisotopic (exact) mass is 405 g/mol. The fourth-order valence-corrected chi connectivity index (χ4v) is 2.61. The van der Waals surface area contributed by atoms with Crippen LogP contribution >= 0.6 is 0 Å². The Bertz CT molecular complexity index is 1040. The number of alkyl halides is 6. The maximum absolute atomic E-state index is 13.3. The van der Waals surface area contributed by atoms with E-state index in [-0.39, 0.29) is 24.0 Å². The zero-order valence-corrected chi connectivity index (χ0v) is 14.0. The van der Waals surface area contributed by atoms with Crippen LogP contribution in [0.5, 0.6) is 0 Å².